The minimum atomic E-state index is -0.359. The van der Waals surface area contributed by atoms with Gasteiger partial charge in [0.2, 0.25) is 5.91 Å². The first-order chi connectivity index (χ1) is 14.6. The van der Waals surface area contributed by atoms with Gasteiger partial charge in [0.15, 0.2) is 11.7 Å². The first kappa shape index (κ1) is 22.3. The molecule has 2 N–H and O–H groups in total. The van der Waals surface area contributed by atoms with Crippen molar-refractivity contribution in [2.75, 3.05) is 0 Å². The third-order valence-corrected chi connectivity index (χ3v) is 5.24. The fourth-order valence-corrected chi connectivity index (χ4v) is 3.06. The van der Waals surface area contributed by atoms with E-state index in [9.17, 15) is 9.59 Å². The molecule has 31 heavy (non-hydrogen) atoms. The van der Waals surface area contributed by atoms with Gasteiger partial charge in [0.25, 0.3) is 5.91 Å². The highest BCUT2D eigenvalue weighted by Gasteiger charge is 2.15. The average molecular weight is 420 g/mol. The Balaban J connectivity index is 1.49. The van der Waals surface area contributed by atoms with Crippen LogP contribution in [0, 0.1) is 13.8 Å². The van der Waals surface area contributed by atoms with Gasteiger partial charge < -0.3 is 4.42 Å². The topological polar surface area (TPSA) is 84.2 Å². The molecular formula is C25H29N3O3. The molecule has 0 atom stereocenters. The second-order valence-corrected chi connectivity index (χ2v) is 8.75. The number of benzene rings is 2. The Morgan fingerprint density at radius 3 is 2.32 bits per heavy atom. The molecule has 0 spiro atoms. The maximum Gasteiger partial charge on any atom is 0.269 e. The Hall–Kier alpha value is -3.41. The lowest BCUT2D eigenvalue weighted by Crippen LogP contribution is -2.41. The molecule has 1 aromatic heterocycles. The van der Waals surface area contributed by atoms with E-state index in [-0.39, 0.29) is 23.7 Å². The van der Waals surface area contributed by atoms with Gasteiger partial charge in [-0.25, -0.2) is 4.98 Å². The molecule has 0 aliphatic rings. The highest BCUT2D eigenvalue weighted by Crippen LogP contribution is 2.24. The molecule has 3 aromatic rings. The molecule has 0 unspecified atom stereocenters. The number of nitrogens with zero attached hydrogens (tertiary/aromatic N) is 1. The van der Waals surface area contributed by atoms with Crippen molar-refractivity contribution in [3.63, 3.8) is 0 Å². The Bertz CT molecular complexity index is 1080. The van der Waals surface area contributed by atoms with E-state index in [4.69, 9.17) is 4.42 Å². The molecule has 1 heterocycles. The van der Waals surface area contributed by atoms with Gasteiger partial charge in [0.05, 0.1) is 6.20 Å². The van der Waals surface area contributed by atoms with Crippen molar-refractivity contribution in [2.45, 2.75) is 52.9 Å². The first-order valence-corrected chi connectivity index (χ1v) is 10.4. The summed E-state index contributed by atoms with van der Waals surface area (Å²) in [4.78, 5) is 28.6. The quantitative estimate of drug-likeness (QED) is 0.590. The molecule has 0 bridgehead atoms. The number of oxazole rings is 1. The molecule has 2 aromatic carbocycles. The summed E-state index contributed by atoms with van der Waals surface area (Å²) < 4.78 is 5.77. The molecule has 0 aliphatic carbocycles. The van der Waals surface area contributed by atoms with Crippen LogP contribution in [0.3, 0.4) is 0 Å². The molecule has 0 aliphatic heterocycles. The monoisotopic (exact) mass is 419 g/mol. The molecule has 0 fully saturated rings. The van der Waals surface area contributed by atoms with E-state index in [0.29, 0.717) is 23.6 Å². The smallest absolute Gasteiger partial charge is 0.269 e. The van der Waals surface area contributed by atoms with Gasteiger partial charge in [-0.2, -0.15) is 0 Å². The SMILES string of the molecule is Cc1ccc(-c2cnc(CCC(=O)NNC(=O)c3ccc(C(C)(C)C)cc3)o2)cc1C. The van der Waals surface area contributed by atoms with E-state index in [1.54, 1.807) is 18.3 Å². The summed E-state index contributed by atoms with van der Waals surface area (Å²) in [6.07, 6.45) is 2.16. The van der Waals surface area contributed by atoms with Crippen LogP contribution in [0.15, 0.2) is 53.1 Å². The van der Waals surface area contributed by atoms with Crippen LogP contribution in [0.1, 0.15) is 60.1 Å². The second kappa shape index (κ2) is 9.16. The fourth-order valence-electron chi connectivity index (χ4n) is 3.06. The van der Waals surface area contributed by atoms with Crippen molar-refractivity contribution in [1.82, 2.24) is 15.8 Å². The van der Waals surface area contributed by atoms with Gasteiger partial charge >= 0.3 is 0 Å². The summed E-state index contributed by atoms with van der Waals surface area (Å²) in [5.41, 5.74) is 9.87. The van der Waals surface area contributed by atoms with Crippen LogP contribution in [0.5, 0.6) is 0 Å². The number of carbonyl (C=O) groups excluding carboxylic acids is 2. The van der Waals surface area contributed by atoms with Crippen LogP contribution in [0.2, 0.25) is 0 Å². The van der Waals surface area contributed by atoms with Crippen LogP contribution in [-0.4, -0.2) is 16.8 Å². The molecular weight excluding hydrogens is 390 g/mol. The largest absolute Gasteiger partial charge is 0.441 e. The third-order valence-electron chi connectivity index (χ3n) is 5.24. The van der Waals surface area contributed by atoms with E-state index >= 15 is 0 Å². The van der Waals surface area contributed by atoms with Crippen LogP contribution < -0.4 is 10.9 Å². The van der Waals surface area contributed by atoms with Crippen LogP contribution in [0.25, 0.3) is 11.3 Å². The number of amides is 2. The maximum atomic E-state index is 12.2. The van der Waals surface area contributed by atoms with Crippen molar-refractivity contribution in [2.24, 2.45) is 0 Å². The van der Waals surface area contributed by atoms with Crippen molar-refractivity contribution >= 4 is 11.8 Å². The number of hydrogen-bond acceptors (Lipinski definition) is 4. The number of carbonyl (C=O) groups is 2. The Morgan fingerprint density at radius 2 is 1.68 bits per heavy atom. The van der Waals surface area contributed by atoms with E-state index < -0.39 is 0 Å². The zero-order valence-corrected chi connectivity index (χ0v) is 18.7. The summed E-state index contributed by atoms with van der Waals surface area (Å²) >= 11 is 0. The average Bonchev–Trinajstić information content (AvgIpc) is 3.21. The number of aryl methyl sites for hydroxylation is 3. The molecule has 0 saturated heterocycles. The molecule has 0 saturated carbocycles. The molecule has 162 valence electrons. The lowest BCUT2D eigenvalue weighted by atomic mass is 9.87. The molecule has 6 nitrogen and oxygen atoms in total. The predicted octanol–water partition coefficient (Wildman–Crippen LogP) is 4.65. The van der Waals surface area contributed by atoms with E-state index in [0.717, 1.165) is 11.1 Å². The van der Waals surface area contributed by atoms with Crippen molar-refractivity contribution < 1.29 is 14.0 Å². The summed E-state index contributed by atoms with van der Waals surface area (Å²) in [7, 11) is 0. The van der Waals surface area contributed by atoms with E-state index in [1.165, 1.54) is 11.1 Å². The van der Waals surface area contributed by atoms with Gasteiger partial charge in [-0.1, -0.05) is 45.0 Å². The lowest BCUT2D eigenvalue weighted by molar-refractivity contribution is -0.121. The van der Waals surface area contributed by atoms with Gasteiger partial charge in [-0.15, -0.1) is 0 Å². The number of hydrogen-bond donors (Lipinski definition) is 2. The van der Waals surface area contributed by atoms with Crippen molar-refractivity contribution in [1.29, 1.82) is 0 Å². The highest BCUT2D eigenvalue weighted by molar-refractivity contribution is 5.95. The number of aromatic nitrogens is 1. The van der Waals surface area contributed by atoms with Crippen LogP contribution in [0.4, 0.5) is 0 Å². The maximum absolute atomic E-state index is 12.2. The van der Waals surface area contributed by atoms with Crippen LogP contribution >= 0.6 is 0 Å². The number of nitrogens with one attached hydrogen (secondary N) is 2. The highest BCUT2D eigenvalue weighted by atomic mass is 16.4. The van der Waals surface area contributed by atoms with E-state index in [2.05, 4.69) is 49.6 Å². The van der Waals surface area contributed by atoms with Crippen LogP contribution in [-0.2, 0) is 16.6 Å². The molecule has 0 radical (unpaired) electrons. The Labute approximate surface area is 183 Å². The summed E-state index contributed by atoms with van der Waals surface area (Å²) in [5.74, 6) is 0.477. The Kier molecular flexibility index (Phi) is 6.59. The Morgan fingerprint density at radius 1 is 0.968 bits per heavy atom. The second-order valence-electron chi connectivity index (χ2n) is 8.75. The fraction of sp³-hybridized carbons (Fsp3) is 0.320. The lowest BCUT2D eigenvalue weighted by Gasteiger charge is -2.19. The zero-order valence-electron chi connectivity index (χ0n) is 18.7. The summed E-state index contributed by atoms with van der Waals surface area (Å²) in [5, 5.41) is 0. The predicted molar refractivity (Wildman–Crippen MR) is 120 cm³/mol. The van der Waals surface area contributed by atoms with Gasteiger partial charge in [-0.3, -0.25) is 20.4 Å². The van der Waals surface area contributed by atoms with E-state index in [1.807, 2.05) is 31.2 Å². The standard InChI is InChI=1S/C25H29N3O3/c1-16-6-7-19(14-17(16)2)21-15-26-23(31-21)13-12-22(29)27-28-24(30)18-8-10-20(11-9-18)25(3,4)5/h6-11,14-15H,12-13H2,1-5H3,(H,27,29)(H,28,30). The molecule has 6 heteroatoms. The number of hydrazine groups is 1. The van der Waals surface area contributed by atoms with Crippen molar-refractivity contribution in [3.8, 4) is 11.3 Å². The summed E-state index contributed by atoms with van der Waals surface area (Å²) in [6, 6.07) is 13.4. The molecule has 3 rings (SSSR count). The number of rotatable bonds is 5. The minimum absolute atomic E-state index is 0.0151. The minimum Gasteiger partial charge on any atom is -0.441 e. The normalized spacial score (nSPS) is 11.3. The molecule has 2 amide bonds. The van der Waals surface area contributed by atoms with Gasteiger partial charge in [0, 0.05) is 24.0 Å². The third kappa shape index (κ3) is 5.81. The van der Waals surface area contributed by atoms with Gasteiger partial charge in [0.1, 0.15) is 0 Å². The zero-order chi connectivity index (χ0) is 22.6. The van der Waals surface area contributed by atoms with Gasteiger partial charge in [-0.05, 0) is 54.2 Å². The first-order valence-electron chi connectivity index (χ1n) is 10.4. The van der Waals surface area contributed by atoms with Crippen molar-refractivity contribution in [3.05, 3.63) is 76.8 Å². The summed E-state index contributed by atoms with van der Waals surface area (Å²) in [6.45, 7) is 10.4.